The highest BCUT2D eigenvalue weighted by molar-refractivity contribution is 5.37. The third-order valence-corrected chi connectivity index (χ3v) is 2.84. The van der Waals surface area contributed by atoms with Gasteiger partial charge in [0.1, 0.15) is 11.6 Å². The molecule has 4 nitrogen and oxygen atoms in total. The minimum absolute atomic E-state index is 0.248. The summed E-state index contributed by atoms with van der Waals surface area (Å²) in [5.41, 5.74) is 7.92. The van der Waals surface area contributed by atoms with Crippen LogP contribution in [0.3, 0.4) is 0 Å². The SMILES string of the molecule is Cc1cc(Oc2c(CN)c(C)nn2C)ccc1F. The van der Waals surface area contributed by atoms with Gasteiger partial charge < -0.3 is 10.5 Å². The summed E-state index contributed by atoms with van der Waals surface area (Å²) in [4.78, 5) is 0. The van der Waals surface area contributed by atoms with Gasteiger partial charge in [0, 0.05) is 13.6 Å². The van der Waals surface area contributed by atoms with E-state index in [-0.39, 0.29) is 5.82 Å². The first-order valence-corrected chi connectivity index (χ1v) is 5.69. The zero-order chi connectivity index (χ0) is 13.3. The lowest BCUT2D eigenvalue weighted by atomic mass is 10.2. The van der Waals surface area contributed by atoms with E-state index in [4.69, 9.17) is 10.5 Å². The van der Waals surface area contributed by atoms with Crippen LogP contribution in [-0.2, 0) is 13.6 Å². The summed E-state index contributed by atoms with van der Waals surface area (Å²) in [7, 11) is 1.79. The van der Waals surface area contributed by atoms with Crippen molar-refractivity contribution in [3.05, 3.63) is 40.8 Å². The third-order valence-electron chi connectivity index (χ3n) is 2.84. The van der Waals surface area contributed by atoms with Crippen LogP contribution in [0, 0.1) is 19.7 Å². The maximum atomic E-state index is 13.2. The fourth-order valence-corrected chi connectivity index (χ4v) is 1.84. The van der Waals surface area contributed by atoms with Crippen LogP contribution in [0.4, 0.5) is 4.39 Å². The summed E-state index contributed by atoms with van der Waals surface area (Å²) in [6.07, 6.45) is 0. The molecule has 0 aliphatic rings. The molecule has 0 amide bonds. The first kappa shape index (κ1) is 12.6. The minimum Gasteiger partial charge on any atom is -0.439 e. The molecule has 96 valence electrons. The molecule has 2 rings (SSSR count). The Morgan fingerprint density at radius 1 is 1.39 bits per heavy atom. The highest BCUT2D eigenvalue weighted by atomic mass is 19.1. The number of aromatic nitrogens is 2. The van der Waals surface area contributed by atoms with Crippen LogP contribution in [0.25, 0.3) is 0 Å². The Bertz CT molecular complexity index is 578. The van der Waals surface area contributed by atoms with Crippen molar-refractivity contribution < 1.29 is 9.13 Å². The average molecular weight is 249 g/mol. The number of ether oxygens (including phenoxy) is 1. The fraction of sp³-hybridized carbons (Fsp3) is 0.308. The van der Waals surface area contributed by atoms with Gasteiger partial charge in [-0.15, -0.1) is 0 Å². The van der Waals surface area contributed by atoms with Crippen LogP contribution in [-0.4, -0.2) is 9.78 Å². The van der Waals surface area contributed by atoms with E-state index in [0.717, 1.165) is 11.3 Å². The third kappa shape index (κ3) is 2.22. The molecular formula is C13H16FN3O. The second-order valence-corrected chi connectivity index (χ2v) is 4.21. The van der Waals surface area contributed by atoms with Crippen molar-refractivity contribution >= 4 is 0 Å². The number of halogens is 1. The summed E-state index contributed by atoms with van der Waals surface area (Å²) < 4.78 is 20.5. The predicted molar refractivity (Wildman–Crippen MR) is 67.0 cm³/mol. The van der Waals surface area contributed by atoms with Crippen LogP contribution >= 0.6 is 0 Å². The number of rotatable bonds is 3. The normalized spacial score (nSPS) is 10.7. The lowest BCUT2D eigenvalue weighted by molar-refractivity contribution is 0.424. The van der Waals surface area contributed by atoms with E-state index in [1.165, 1.54) is 6.07 Å². The fourth-order valence-electron chi connectivity index (χ4n) is 1.84. The lowest BCUT2D eigenvalue weighted by Gasteiger charge is -2.08. The van der Waals surface area contributed by atoms with Crippen molar-refractivity contribution in [2.45, 2.75) is 20.4 Å². The van der Waals surface area contributed by atoms with Crippen LogP contribution in [0.2, 0.25) is 0 Å². The van der Waals surface area contributed by atoms with E-state index in [9.17, 15) is 4.39 Å². The maximum absolute atomic E-state index is 13.2. The molecule has 2 aromatic rings. The molecule has 2 N–H and O–H groups in total. The van der Waals surface area contributed by atoms with Gasteiger partial charge in [0.2, 0.25) is 5.88 Å². The Morgan fingerprint density at radius 2 is 2.11 bits per heavy atom. The van der Waals surface area contributed by atoms with Crippen molar-refractivity contribution in [1.29, 1.82) is 0 Å². The predicted octanol–water partition coefficient (Wildman–Crippen LogP) is 2.43. The summed E-state index contributed by atoms with van der Waals surface area (Å²) in [5, 5.41) is 4.26. The molecule has 0 bridgehead atoms. The van der Waals surface area contributed by atoms with E-state index in [1.807, 2.05) is 6.92 Å². The summed E-state index contributed by atoms with van der Waals surface area (Å²) in [5.74, 6) is 0.926. The second-order valence-electron chi connectivity index (χ2n) is 4.21. The van der Waals surface area contributed by atoms with Crippen LogP contribution in [0.1, 0.15) is 16.8 Å². The minimum atomic E-state index is -0.248. The number of hydrogen-bond acceptors (Lipinski definition) is 3. The van der Waals surface area contributed by atoms with Crippen LogP contribution in [0.15, 0.2) is 18.2 Å². The van der Waals surface area contributed by atoms with E-state index < -0.39 is 0 Å². The Labute approximate surface area is 105 Å². The van der Waals surface area contributed by atoms with Crippen molar-refractivity contribution in [3.63, 3.8) is 0 Å². The maximum Gasteiger partial charge on any atom is 0.222 e. The molecule has 0 unspecified atom stereocenters. The van der Waals surface area contributed by atoms with E-state index in [2.05, 4.69) is 5.10 Å². The van der Waals surface area contributed by atoms with Crippen LogP contribution < -0.4 is 10.5 Å². The Kier molecular flexibility index (Phi) is 3.34. The molecule has 0 aliphatic heterocycles. The molecule has 0 radical (unpaired) electrons. The molecular weight excluding hydrogens is 233 g/mol. The Hall–Kier alpha value is -1.88. The molecule has 0 atom stereocenters. The topological polar surface area (TPSA) is 53.1 Å². The zero-order valence-electron chi connectivity index (χ0n) is 10.7. The van der Waals surface area contributed by atoms with Gasteiger partial charge in [0.25, 0.3) is 0 Å². The van der Waals surface area contributed by atoms with E-state index in [0.29, 0.717) is 23.7 Å². The first-order valence-electron chi connectivity index (χ1n) is 5.69. The lowest BCUT2D eigenvalue weighted by Crippen LogP contribution is -2.01. The molecule has 0 fully saturated rings. The monoisotopic (exact) mass is 249 g/mol. The molecule has 1 aromatic carbocycles. The summed E-state index contributed by atoms with van der Waals surface area (Å²) in [6.45, 7) is 3.93. The van der Waals surface area contributed by atoms with E-state index in [1.54, 1.807) is 30.8 Å². The Balaban J connectivity index is 2.36. The molecule has 0 saturated heterocycles. The van der Waals surface area contributed by atoms with Gasteiger partial charge in [-0.25, -0.2) is 9.07 Å². The highest BCUT2D eigenvalue weighted by Crippen LogP contribution is 2.27. The standard InChI is InChI=1S/C13H16FN3O/c1-8-6-10(4-5-12(8)14)18-13-11(7-15)9(2)16-17(13)3/h4-6H,7,15H2,1-3H3. The number of hydrogen-bond donors (Lipinski definition) is 1. The van der Waals surface area contributed by atoms with Crippen LogP contribution in [0.5, 0.6) is 11.6 Å². The molecule has 1 aromatic heterocycles. The number of nitrogens with zero attached hydrogens (tertiary/aromatic N) is 2. The molecule has 5 heteroatoms. The average Bonchev–Trinajstić information content (AvgIpc) is 2.58. The zero-order valence-corrected chi connectivity index (χ0v) is 10.7. The quantitative estimate of drug-likeness (QED) is 0.908. The van der Waals surface area contributed by atoms with Gasteiger partial charge in [-0.1, -0.05) is 0 Å². The Morgan fingerprint density at radius 3 is 2.72 bits per heavy atom. The van der Waals surface area contributed by atoms with Gasteiger partial charge >= 0.3 is 0 Å². The van der Waals surface area contributed by atoms with Crippen molar-refractivity contribution in [2.24, 2.45) is 12.8 Å². The van der Waals surface area contributed by atoms with Crippen molar-refractivity contribution in [1.82, 2.24) is 9.78 Å². The second kappa shape index (κ2) is 4.78. The largest absolute Gasteiger partial charge is 0.439 e. The van der Waals surface area contributed by atoms with E-state index >= 15 is 0 Å². The summed E-state index contributed by atoms with van der Waals surface area (Å²) >= 11 is 0. The van der Waals surface area contributed by atoms with Gasteiger partial charge in [-0.05, 0) is 37.6 Å². The first-order chi connectivity index (χ1) is 8.52. The highest BCUT2D eigenvalue weighted by Gasteiger charge is 2.14. The smallest absolute Gasteiger partial charge is 0.222 e. The van der Waals surface area contributed by atoms with Gasteiger partial charge in [-0.3, -0.25) is 0 Å². The van der Waals surface area contributed by atoms with Gasteiger partial charge in [-0.2, -0.15) is 5.10 Å². The van der Waals surface area contributed by atoms with Gasteiger partial charge in [0.15, 0.2) is 0 Å². The van der Waals surface area contributed by atoms with Crippen molar-refractivity contribution in [2.75, 3.05) is 0 Å². The number of aryl methyl sites for hydroxylation is 3. The van der Waals surface area contributed by atoms with Crippen molar-refractivity contribution in [3.8, 4) is 11.6 Å². The molecule has 1 heterocycles. The molecule has 0 spiro atoms. The molecule has 0 saturated carbocycles. The number of nitrogens with two attached hydrogens (primary N) is 1. The molecule has 0 aliphatic carbocycles. The number of benzene rings is 1. The van der Waals surface area contributed by atoms with Gasteiger partial charge in [0.05, 0.1) is 11.3 Å². The molecule has 18 heavy (non-hydrogen) atoms. The summed E-state index contributed by atoms with van der Waals surface area (Å²) in [6, 6.07) is 4.62.